The Bertz CT molecular complexity index is 383. The Kier molecular flexibility index (Phi) is 2.62. The second-order valence-electron chi connectivity index (χ2n) is 2.77. The van der Waals surface area contributed by atoms with Gasteiger partial charge in [0.15, 0.2) is 0 Å². The van der Waals surface area contributed by atoms with Gasteiger partial charge in [-0.2, -0.15) is 4.37 Å². The summed E-state index contributed by atoms with van der Waals surface area (Å²) < 4.78 is 4.22. The van der Waals surface area contributed by atoms with Gasteiger partial charge in [-0.3, -0.25) is 0 Å². The first-order chi connectivity index (χ1) is 6.36. The van der Waals surface area contributed by atoms with Crippen molar-refractivity contribution in [2.75, 3.05) is 0 Å². The van der Waals surface area contributed by atoms with Crippen LogP contribution in [-0.4, -0.2) is 4.37 Å². The first-order valence-corrected chi connectivity index (χ1v) is 5.20. The first-order valence-electron chi connectivity index (χ1n) is 3.99. The Labute approximate surface area is 86.2 Å². The number of halogens is 1. The molecule has 0 spiro atoms. The predicted molar refractivity (Wildman–Crippen MR) is 56.4 cm³/mol. The zero-order chi connectivity index (χ0) is 9.10. The Hall–Kier alpha value is -0.860. The molecule has 0 bridgehead atoms. The normalized spacial score (nSPS) is 10.2. The van der Waals surface area contributed by atoms with E-state index in [9.17, 15) is 0 Å². The van der Waals surface area contributed by atoms with Crippen molar-refractivity contribution in [2.24, 2.45) is 0 Å². The van der Waals surface area contributed by atoms with Crippen molar-refractivity contribution in [1.82, 2.24) is 4.37 Å². The summed E-state index contributed by atoms with van der Waals surface area (Å²) in [6, 6.07) is 10.2. The van der Waals surface area contributed by atoms with Crippen molar-refractivity contribution in [1.29, 1.82) is 0 Å². The molecule has 2 rings (SSSR count). The Balaban J connectivity index is 2.20. The maximum atomic E-state index is 5.94. The van der Waals surface area contributed by atoms with Crippen LogP contribution >= 0.6 is 23.1 Å². The SMILES string of the molecule is Clc1csnc1Cc1ccccc1. The van der Waals surface area contributed by atoms with Gasteiger partial charge in [0.1, 0.15) is 0 Å². The fourth-order valence-corrected chi connectivity index (χ4v) is 2.00. The van der Waals surface area contributed by atoms with Gasteiger partial charge in [-0.25, -0.2) is 0 Å². The number of benzene rings is 1. The zero-order valence-corrected chi connectivity index (χ0v) is 8.48. The molecule has 1 aromatic heterocycles. The average molecular weight is 210 g/mol. The third-order valence-corrected chi connectivity index (χ3v) is 2.93. The van der Waals surface area contributed by atoms with Crippen LogP contribution in [-0.2, 0) is 6.42 Å². The van der Waals surface area contributed by atoms with Crippen LogP contribution in [0.5, 0.6) is 0 Å². The lowest BCUT2D eigenvalue weighted by Gasteiger charge is -1.97. The topological polar surface area (TPSA) is 12.9 Å². The molecule has 0 radical (unpaired) electrons. The van der Waals surface area contributed by atoms with Gasteiger partial charge in [0.25, 0.3) is 0 Å². The summed E-state index contributed by atoms with van der Waals surface area (Å²) >= 11 is 7.34. The second kappa shape index (κ2) is 3.90. The van der Waals surface area contributed by atoms with E-state index >= 15 is 0 Å². The van der Waals surface area contributed by atoms with Crippen LogP contribution in [0.15, 0.2) is 35.7 Å². The average Bonchev–Trinajstić information content (AvgIpc) is 2.54. The lowest BCUT2D eigenvalue weighted by molar-refractivity contribution is 1.14. The molecule has 0 unspecified atom stereocenters. The largest absolute Gasteiger partial charge is 0.196 e. The van der Waals surface area contributed by atoms with Gasteiger partial charge in [0.05, 0.1) is 10.7 Å². The maximum Gasteiger partial charge on any atom is 0.0771 e. The third kappa shape index (κ3) is 2.08. The van der Waals surface area contributed by atoms with E-state index in [2.05, 4.69) is 16.5 Å². The summed E-state index contributed by atoms with van der Waals surface area (Å²) in [5.41, 5.74) is 2.22. The van der Waals surface area contributed by atoms with Crippen molar-refractivity contribution in [3.63, 3.8) is 0 Å². The van der Waals surface area contributed by atoms with E-state index in [0.29, 0.717) is 0 Å². The van der Waals surface area contributed by atoms with Crippen LogP contribution in [0, 0.1) is 0 Å². The second-order valence-corrected chi connectivity index (χ2v) is 3.81. The Morgan fingerprint density at radius 3 is 2.62 bits per heavy atom. The summed E-state index contributed by atoms with van der Waals surface area (Å²) in [6.45, 7) is 0. The fourth-order valence-electron chi connectivity index (χ4n) is 1.15. The molecule has 0 fully saturated rings. The molecule has 0 saturated carbocycles. The molecule has 0 amide bonds. The van der Waals surface area contributed by atoms with Gasteiger partial charge >= 0.3 is 0 Å². The van der Waals surface area contributed by atoms with E-state index in [1.165, 1.54) is 17.1 Å². The van der Waals surface area contributed by atoms with Gasteiger partial charge in [0, 0.05) is 11.8 Å². The number of hydrogen-bond donors (Lipinski definition) is 0. The minimum Gasteiger partial charge on any atom is -0.196 e. The van der Waals surface area contributed by atoms with E-state index in [1.54, 1.807) is 0 Å². The molecule has 0 aliphatic carbocycles. The Morgan fingerprint density at radius 1 is 1.23 bits per heavy atom. The van der Waals surface area contributed by atoms with Crippen molar-refractivity contribution in [2.45, 2.75) is 6.42 Å². The van der Waals surface area contributed by atoms with Crippen LogP contribution in [0.1, 0.15) is 11.3 Å². The van der Waals surface area contributed by atoms with Crippen LogP contribution < -0.4 is 0 Å². The molecule has 1 heterocycles. The highest BCUT2D eigenvalue weighted by Gasteiger charge is 2.03. The molecule has 0 aliphatic rings. The van der Waals surface area contributed by atoms with Crippen LogP contribution in [0.2, 0.25) is 5.02 Å². The van der Waals surface area contributed by atoms with Gasteiger partial charge in [-0.05, 0) is 17.1 Å². The van der Waals surface area contributed by atoms with Crippen molar-refractivity contribution >= 4 is 23.1 Å². The minimum absolute atomic E-state index is 0.772. The van der Waals surface area contributed by atoms with Gasteiger partial charge < -0.3 is 0 Å². The van der Waals surface area contributed by atoms with Gasteiger partial charge in [-0.1, -0.05) is 41.9 Å². The van der Waals surface area contributed by atoms with Crippen molar-refractivity contribution in [3.8, 4) is 0 Å². The van der Waals surface area contributed by atoms with E-state index in [1.807, 2.05) is 23.6 Å². The van der Waals surface area contributed by atoms with Crippen molar-refractivity contribution < 1.29 is 0 Å². The summed E-state index contributed by atoms with van der Waals surface area (Å²) in [5, 5.41) is 2.63. The van der Waals surface area contributed by atoms with Crippen LogP contribution in [0.3, 0.4) is 0 Å². The molecule has 1 nitrogen and oxygen atoms in total. The van der Waals surface area contributed by atoms with Gasteiger partial charge in [0.2, 0.25) is 0 Å². The first kappa shape index (κ1) is 8.73. The summed E-state index contributed by atoms with van der Waals surface area (Å²) in [7, 11) is 0. The summed E-state index contributed by atoms with van der Waals surface area (Å²) in [6.07, 6.45) is 0.823. The third-order valence-electron chi connectivity index (χ3n) is 1.81. The molecule has 3 heteroatoms. The number of rotatable bonds is 2. The molecule has 66 valence electrons. The fraction of sp³-hybridized carbons (Fsp3) is 0.100. The number of hydrogen-bond acceptors (Lipinski definition) is 2. The number of nitrogens with zero attached hydrogens (tertiary/aromatic N) is 1. The molecular formula is C10H8ClNS. The lowest BCUT2D eigenvalue weighted by Crippen LogP contribution is -1.87. The molecule has 0 N–H and O–H groups in total. The van der Waals surface area contributed by atoms with Crippen LogP contribution in [0.4, 0.5) is 0 Å². The smallest absolute Gasteiger partial charge is 0.0771 e. The van der Waals surface area contributed by atoms with Crippen LogP contribution in [0.25, 0.3) is 0 Å². The lowest BCUT2D eigenvalue weighted by atomic mass is 10.1. The highest BCUT2D eigenvalue weighted by atomic mass is 35.5. The molecular weight excluding hydrogens is 202 g/mol. The zero-order valence-electron chi connectivity index (χ0n) is 6.90. The molecule has 2 aromatic rings. The summed E-state index contributed by atoms with van der Waals surface area (Å²) in [4.78, 5) is 0. The van der Waals surface area contributed by atoms with Crippen molar-refractivity contribution in [3.05, 3.63) is 52.0 Å². The van der Waals surface area contributed by atoms with E-state index in [0.717, 1.165) is 17.1 Å². The Morgan fingerprint density at radius 2 is 2.00 bits per heavy atom. The molecule has 0 atom stereocenters. The minimum atomic E-state index is 0.772. The highest BCUT2D eigenvalue weighted by Crippen LogP contribution is 2.19. The maximum absolute atomic E-state index is 5.94. The van der Waals surface area contributed by atoms with E-state index < -0.39 is 0 Å². The predicted octanol–water partition coefficient (Wildman–Crippen LogP) is 3.39. The quantitative estimate of drug-likeness (QED) is 0.739. The standard InChI is InChI=1S/C10H8ClNS/c11-9-7-13-12-10(9)6-8-4-2-1-3-5-8/h1-5,7H,6H2. The molecule has 0 aliphatic heterocycles. The summed E-state index contributed by atoms with van der Waals surface area (Å²) in [5.74, 6) is 0. The van der Waals surface area contributed by atoms with E-state index in [4.69, 9.17) is 11.6 Å². The highest BCUT2D eigenvalue weighted by molar-refractivity contribution is 7.04. The monoisotopic (exact) mass is 209 g/mol. The van der Waals surface area contributed by atoms with E-state index in [-0.39, 0.29) is 0 Å². The molecule has 0 saturated heterocycles. The number of aromatic nitrogens is 1. The molecule has 1 aromatic carbocycles. The molecule has 13 heavy (non-hydrogen) atoms. The van der Waals surface area contributed by atoms with Gasteiger partial charge in [-0.15, -0.1) is 0 Å².